The van der Waals surface area contributed by atoms with Crippen LogP contribution in [0, 0.1) is 0 Å². The first kappa shape index (κ1) is 29.9. The van der Waals surface area contributed by atoms with E-state index in [9.17, 15) is 14.7 Å². The Labute approximate surface area is 254 Å². The highest BCUT2D eigenvalue weighted by Crippen LogP contribution is 2.46. The van der Waals surface area contributed by atoms with Gasteiger partial charge in [-0.25, -0.2) is 4.98 Å². The van der Waals surface area contributed by atoms with E-state index < -0.39 is 17.7 Å². The van der Waals surface area contributed by atoms with E-state index in [2.05, 4.69) is 6.92 Å². The molecule has 1 N–H and O–H groups in total. The van der Waals surface area contributed by atoms with Gasteiger partial charge in [-0.3, -0.25) is 14.5 Å². The highest BCUT2D eigenvalue weighted by molar-refractivity contribution is 7.22. The van der Waals surface area contributed by atoms with Crippen LogP contribution in [-0.2, 0) is 9.59 Å². The summed E-state index contributed by atoms with van der Waals surface area (Å²) < 4.78 is 23.6. The first-order valence-corrected chi connectivity index (χ1v) is 15.1. The predicted molar refractivity (Wildman–Crippen MR) is 167 cm³/mol. The summed E-state index contributed by atoms with van der Waals surface area (Å²) in [4.78, 5) is 33.5. The molecule has 0 aliphatic carbocycles. The van der Waals surface area contributed by atoms with E-state index in [1.807, 2.05) is 32.0 Å². The van der Waals surface area contributed by atoms with Crippen molar-refractivity contribution >= 4 is 44.1 Å². The molecule has 43 heavy (non-hydrogen) atoms. The molecule has 4 aromatic rings. The molecule has 0 saturated carbocycles. The Hall–Kier alpha value is -4.57. The van der Waals surface area contributed by atoms with Gasteiger partial charge in [0.15, 0.2) is 16.6 Å². The molecule has 0 radical (unpaired) electrons. The number of aliphatic hydroxyl groups excluding tert-OH is 1. The molecule has 1 aliphatic rings. The van der Waals surface area contributed by atoms with Crippen molar-refractivity contribution in [2.75, 3.05) is 31.8 Å². The Balaban J connectivity index is 1.67. The predicted octanol–water partition coefficient (Wildman–Crippen LogP) is 6.91. The Morgan fingerprint density at radius 2 is 1.65 bits per heavy atom. The van der Waals surface area contributed by atoms with Gasteiger partial charge < -0.3 is 24.1 Å². The molecule has 224 valence electrons. The first-order valence-electron chi connectivity index (χ1n) is 14.3. The average Bonchev–Trinajstić information content (AvgIpc) is 3.55. The first-order chi connectivity index (χ1) is 20.9. The van der Waals surface area contributed by atoms with Crippen LogP contribution in [-0.4, -0.2) is 48.7 Å². The monoisotopic (exact) mass is 602 g/mol. The van der Waals surface area contributed by atoms with Gasteiger partial charge in [-0.1, -0.05) is 30.7 Å². The van der Waals surface area contributed by atoms with Crippen molar-refractivity contribution in [2.45, 2.75) is 39.7 Å². The number of unbranched alkanes of at least 4 members (excludes halogenated alkanes) is 1. The summed E-state index contributed by atoms with van der Waals surface area (Å²) in [5.74, 6) is 0.429. The fourth-order valence-electron chi connectivity index (χ4n) is 4.91. The second kappa shape index (κ2) is 13.2. The molecule has 3 aromatic carbocycles. The molecule has 1 fully saturated rings. The molecule has 0 bridgehead atoms. The van der Waals surface area contributed by atoms with Crippen LogP contribution in [0.25, 0.3) is 16.0 Å². The molecule has 0 spiro atoms. The van der Waals surface area contributed by atoms with Crippen LogP contribution in [0.3, 0.4) is 0 Å². The highest BCUT2D eigenvalue weighted by atomic mass is 32.1. The Kier molecular flexibility index (Phi) is 9.16. The third-order valence-corrected chi connectivity index (χ3v) is 8.03. The maximum Gasteiger partial charge on any atom is 0.301 e. The van der Waals surface area contributed by atoms with Crippen LogP contribution in [0.5, 0.6) is 23.0 Å². The number of thiazole rings is 1. The third kappa shape index (κ3) is 6.01. The lowest BCUT2D eigenvalue weighted by Crippen LogP contribution is -2.29. The number of benzene rings is 3. The van der Waals surface area contributed by atoms with E-state index in [1.165, 1.54) is 16.2 Å². The van der Waals surface area contributed by atoms with E-state index in [0.717, 1.165) is 17.5 Å². The fourth-order valence-corrected chi connectivity index (χ4v) is 5.93. The lowest BCUT2D eigenvalue weighted by atomic mass is 9.95. The number of carbonyl (C=O) groups excluding carboxylic acids is 2. The number of hydrogen-bond donors (Lipinski definition) is 1. The van der Waals surface area contributed by atoms with Crippen LogP contribution in [0.4, 0.5) is 5.13 Å². The van der Waals surface area contributed by atoms with Gasteiger partial charge in [-0.15, -0.1) is 0 Å². The summed E-state index contributed by atoms with van der Waals surface area (Å²) in [6.45, 7) is 7.29. The van der Waals surface area contributed by atoms with Gasteiger partial charge >= 0.3 is 5.91 Å². The number of anilines is 1. The second-order valence-electron chi connectivity index (χ2n) is 9.80. The maximum atomic E-state index is 13.7. The van der Waals surface area contributed by atoms with E-state index in [4.69, 9.17) is 23.9 Å². The van der Waals surface area contributed by atoms with Crippen molar-refractivity contribution < 1.29 is 33.6 Å². The van der Waals surface area contributed by atoms with Crippen molar-refractivity contribution in [1.29, 1.82) is 0 Å². The molecule has 1 saturated heterocycles. The molecule has 5 rings (SSSR count). The molecular weight excluding hydrogens is 568 g/mol. The lowest BCUT2D eigenvalue weighted by Gasteiger charge is -2.24. The number of amides is 1. The number of nitrogens with zero attached hydrogens (tertiary/aromatic N) is 2. The maximum absolute atomic E-state index is 13.7. The number of carbonyl (C=O) groups is 2. The number of fused-ring (bicyclic) bond motifs is 1. The van der Waals surface area contributed by atoms with E-state index in [-0.39, 0.29) is 11.3 Å². The van der Waals surface area contributed by atoms with Crippen molar-refractivity contribution in [1.82, 2.24) is 4.98 Å². The summed E-state index contributed by atoms with van der Waals surface area (Å²) in [6, 6.07) is 16.5. The Bertz CT molecular complexity index is 1660. The van der Waals surface area contributed by atoms with Crippen LogP contribution < -0.4 is 23.8 Å². The van der Waals surface area contributed by atoms with Crippen molar-refractivity contribution in [3.8, 4) is 23.0 Å². The summed E-state index contributed by atoms with van der Waals surface area (Å²) in [5.41, 5.74) is 1.55. The van der Waals surface area contributed by atoms with Crippen LogP contribution >= 0.6 is 11.3 Å². The minimum absolute atomic E-state index is 0.0495. The largest absolute Gasteiger partial charge is 0.507 e. The minimum atomic E-state index is -0.974. The van der Waals surface area contributed by atoms with Gasteiger partial charge in [0.25, 0.3) is 5.78 Å². The standard InChI is InChI=1S/C33H34N2O7S/c1-5-8-17-42-25-16-11-21(18-26(25)41-7-3)29-28(30(36)20-9-12-22(39-4)13-10-20)31(37)32(38)35(29)33-34-24-15-14-23(40-6-2)19-27(24)43-33/h9-16,18-19,29,36H,5-8,17H2,1-4H3/b30-28+. The minimum Gasteiger partial charge on any atom is -0.507 e. The number of methoxy groups -OCH3 is 1. The van der Waals surface area contributed by atoms with Crippen LogP contribution in [0.1, 0.15) is 50.8 Å². The molecule has 1 aromatic heterocycles. The molecule has 1 aliphatic heterocycles. The normalized spacial score (nSPS) is 16.1. The Morgan fingerprint density at radius 3 is 2.35 bits per heavy atom. The molecule has 1 unspecified atom stereocenters. The quantitative estimate of drug-likeness (QED) is 0.0807. The van der Waals surface area contributed by atoms with Crippen molar-refractivity contribution in [2.24, 2.45) is 0 Å². The van der Waals surface area contributed by atoms with Gasteiger partial charge in [0, 0.05) is 5.56 Å². The SMILES string of the molecule is CCCCOc1ccc(C2/C(=C(\O)c3ccc(OC)cc3)C(=O)C(=O)N2c2nc3ccc(OCC)cc3s2)cc1OCC. The van der Waals surface area contributed by atoms with Gasteiger partial charge in [0.2, 0.25) is 0 Å². The zero-order chi connectivity index (χ0) is 30.5. The van der Waals surface area contributed by atoms with Crippen molar-refractivity contribution in [3.05, 3.63) is 77.4 Å². The molecule has 9 nitrogen and oxygen atoms in total. The molecule has 2 heterocycles. The summed E-state index contributed by atoms with van der Waals surface area (Å²) in [7, 11) is 1.54. The second-order valence-corrected chi connectivity index (χ2v) is 10.8. The summed E-state index contributed by atoms with van der Waals surface area (Å²) in [6.07, 6.45) is 1.87. The summed E-state index contributed by atoms with van der Waals surface area (Å²) >= 11 is 1.27. The van der Waals surface area contributed by atoms with E-state index >= 15 is 0 Å². The molecular formula is C33H34N2O7S. The number of ether oxygens (including phenoxy) is 4. The zero-order valence-electron chi connectivity index (χ0n) is 24.6. The third-order valence-electron chi connectivity index (χ3n) is 7.01. The average molecular weight is 603 g/mol. The van der Waals surface area contributed by atoms with Crippen LogP contribution in [0.15, 0.2) is 66.2 Å². The number of aromatic nitrogens is 1. The fraction of sp³-hybridized carbons (Fsp3) is 0.303. The highest BCUT2D eigenvalue weighted by Gasteiger charge is 2.48. The van der Waals surface area contributed by atoms with Crippen molar-refractivity contribution in [3.63, 3.8) is 0 Å². The number of rotatable bonds is 12. The Morgan fingerprint density at radius 1 is 0.907 bits per heavy atom. The topological polar surface area (TPSA) is 107 Å². The molecule has 1 amide bonds. The number of hydrogen-bond acceptors (Lipinski definition) is 9. The summed E-state index contributed by atoms with van der Waals surface area (Å²) in [5, 5.41) is 11.8. The number of aliphatic hydroxyl groups is 1. The molecule has 10 heteroatoms. The van der Waals surface area contributed by atoms with E-state index in [1.54, 1.807) is 49.6 Å². The lowest BCUT2D eigenvalue weighted by molar-refractivity contribution is -0.132. The number of Topliss-reactive ketones (excluding diaryl/α,β-unsaturated/α-hetero) is 1. The van der Waals surface area contributed by atoms with Gasteiger partial charge in [0.1, 0.15) is 17.3 Å². The van der Waals surface area contributed by atoms with Gasteiger partial charge in [-0.2, -0.15) is 0 Å². The van der Waals surface area contributed by atoms with Gasteiger partial charge in [-0.05, 0) is 80.4 Å². The zero-order valence-corrected chi connectivity index (χ0v) is 25.4. The molecule has 1 atom stereocenters. The number of ketones is 1. The van der Waals surface area contributed by atoms with E-state index in [0.29, 0.717) is 64.6 Å². The van der Waals surface area contributed by atoms with Gasteiger partial charge in [0.05, 0.1) is 48.8 Å². The van der Waals surface area contributed by atoms with Crippen LogP contribution in [0.2, 0.25) is 0 Å². The smallest absolute Gasteiger partial charge is 0.301 e.